The third-order valence-electron chi connectivity index (χ3n) is 1.62. The van der Waals surface area contributed by atoms with Crippen molar-refractivity contribution in [3.05, 3.63) is 33.2 Å². The minimum atomic E-state index is -3.04. The molecule has 1 heterocycles. The molecule has 1 aromatic rings. The molecule has 0 aromatic carbocycles. The van der Waals surface area contributed by atoms with Crippen LogP contribution < -0.4 is 5.56 Å². The molecule has 0 aliphatic carbocycles. The van der Waals surface area contributed by atoms with Crippen molar-refractivity contribution in [2.45, 2.75) is 6.43 Å². The van der Waals surface area contributed by atoms with Gasteiger partial charge in [-0.1, -0.05) is 0 Å². The van der Waals surface area contributed by atoms with Gasteiger partial charge in [0.05, 0.1) is 11.3 Å². The number of nitriles is 1. The van der Waals surface area contributed by atoms with Crippen LogP contribution in [0.15, 0.2) is 10.9 Å². The van der Waals surface area contributed by atoms with Crippen molar-refractivity contribution in [1.82, 2.24) is 4.98 Å². The second-order valence-corrected chi connectivity index (χ2v) is 2.87. The van der Waals surface area contributed by atoms with Gasteiger partial charge in [-0.2, -0.15) is 5.26 Å². The zero-order chi connectivity index (χ0) is 11.6. The molecule has 7 heteroatoms. The second-order valence-electron chi connectivity index (χ2n) is 2.53. The molecule has 4 nitrogen and oxygen atoms in total. The standard InChI is InChI=1S/C8H3ClF2N2O2/c9-6(14)4-1-3(2-12)8(15)13-5(4)7(10)11/h1,7H,(H,13,15). The van der Waals surface area contributed by atoms with Gasteiger partial charge in [0, 0.05) is 0 Å². The van der Waals surface area contributed by atoms with E-state index < -0.39 is 34.0 Å². The van der Waals surface area contributed by atoms with Crippen LogP contribution in [0.25, 0.3) is 0 Å². The summed E-state index contributed by atoms with van der Waals surface area (Å²) in [6.45, 7) is 0. The lowest BCUT2D eigenvalue weighted by Gasteiger charge is -2.04. The number of hydrogen-bond donors (Lipinski definition) is 1. The molecule has 0 aliphatic heterocycles. The van der Waals surface area contributed by atoms with E-state index in [1.807, 2.05) is 0 Å². The van der Waals surface area contributed by atoms with E-state index in [1.165, 1.54) is 6.07 Å². The summed E-state index contributed by atoms with van der Waals surface area (Å²) in [7, 11) is 0. The average molecular weight is 233 g/mol. The van der Waals surface area contributed by atoms with Crippen LogP contribution in [-0.2, 0) is 0 Å². The zero-order valence-electron chi connectivity index (χ0n) is 7.05. The Morgan fingerprint density at radius 1 is 1.60 bits per heavy atom. The first-order valence-corrected chi connectivity index (χ1v) is 4.00. The molecule has 1 N–H and O–H groups in total. The minimum Gasteiger partial charge on any atom is -0.319 e. The van der Waals surface area contributed by atoms with Gasteiger partial charge in [0.2, 0.25) is 0 Å². The Morgan fingerprint density at radius 3 is 2.60 bits per heavy atom. The number of pyridine rings is 1. The molecular weight excluding hydrogens is 230 g/mol. The predicted molar refractivity (Wildman–Crippen MR) is 46.9 cm³/mol. The average Bonchev–Trinajstić information content (AvgIpc) is 2.16. The van der Waals surface area contributed by atoms with Crippen molar-refractivity contribution in [3.63, 3.8) is 0 Å². The first-order chi connectivity index (χ1) is 6.97. The van der Waals surface area contributed by atoms with Gasteiger partial charge in [-0.3, -0.25) is 9.59 Å². The van der Waals surface area contributed by atoms with E-state index in [4.69, 9.17) is 16.9 Å². The van der Waals surface area contributed by atoms with Gasteiger partial charge in [-0.05, 0) is 17.7 Å². The van der Waals surface area contributed by atoms with Crippen molar-refractivity contribution in [2.24, 2.45) is 0 Å². The number of rotatable bonds is 2. The molecule has 1 aromatic heterocycles. The predicted octanol–water partition coefficient (Wildman–Crippen LogP) is 1.56. The molecule has 78 valence electrons. The third kappa shape index (κ3) is 2.19. The minimum absolute atomic E-state index is 0.441. The largest absolute Gasteiger partial charge is 0.319 e. The first-order valence-electron chi connectivity index (χ1n) is 3.62. The lowest BCUT2D eigenvalue weighted by Crippen LogP contribution is -2.16. The number of carbonyl (C=O) groups is 1. The number of halogens is 3. The van der Waals surface area contributed by atoms with E-state index >= 15 is 0 Å². The number of H-pyrrole nitrogens is 1. The quantitative estimate of drug-likeness (QED) is 0.787. The summed E-state index contributed by atoms with van der Waals surface area (Å²) in [6.07, 6.45) is -3.04. The van der Waals surface area contributed by atoms with Gasteiger partial charge in [-0.25, -0.2) is 8.78 Å². The second kappa shape index (κ2) is 4.19. The number of nitrogens with zero attached hydrogens (tertiary/aromatic N) is 1. The van der Waals surface area contributed by atoms with Crippen molar-refractivity contribution in [1.29, 1.82) is 5.26 Å². The Balaban J connectivity index is 3.55. The zero-order valence-corrected chi connectivity index (χ0v) is 7.81. The van der Waals surface area contributed by atoms with E-state index in [9.17, 15) is 18.4 Å². The highest BCUT2D eigenvalue weighted by Crippen LogP contribution is 2.21. The molecular formula is C8H3ClF2N2O2. The Bertz CT molecular complexity index is 504. The van der Waals surface area contributed by atoms with Gasteiger partial charge < -0.3 is 4.98 Å². The summed E-state index contributed by atoms with van der Waals surface area (Å²) in [5.41, 5.74) is -2.86. The molecule has 0 saturated carbocycles. The first kappa shape index (κ1) is 11.3. The van der Waals surface area contributed by atoms with Crippen molar-refractivity contribution in [2.75, 3.05) is 0 Å². The topological polar surface area (TPSA) is 73.7 Å². The third-order valence-corrected chi connectivity index (χ3v) is 1.83. The normalized spacial score (nSPS) is 10.1. The fraction of sp³-hybridized carbons (Fsp3) is 0.125. The summed E-state index contributed by atoms with van der Waals surface area (Å²) in [4.78, 5) is 23.5. The van der Waals surface area contributed by atoms with Gasteiger partial charge in [0.25, 0.3) is 17.2 Å². The summed E-state index contributed by atoms with van der Waals surface area (Å²) in [5, 5.41) is 7.29. The van der Waals surface area contributed by atoms with Crippen molar-refractivity contribution in [3.8, 4) is 6.07 Å². The summed E-state index contributed by atoms with van der Waals surface area (Å²) in [6, 6.07) is 2.20. The molecule has 0 aliphatic rings. The molecule has 0 atom stereocenters. The maximum absolute atomic E-state index is 12.3. The number of alkyl halides is 2. The molecule has 0 radical (unpaired) electrons. The number of aromatic nitrogens is 1. The molecule has 0 amide bonds. The van der Waals surface area contributed by atoms with Crippen molar-refractivity contribution >= 4 is 16.8 Å². The number of nitrogens with one attached hydrogen (secondary N) is 1. The maximum atomic E-state index is 12.3. The lowest BCUT2D eigenvalue weighted by molar-refractivity contribution is 0.106. The molecule has 0 unspecified atom stereocenters. The fourth-order valence-electron chi connectivity index (χ4n) is 0.962. The molecule has 1 rings (SSSR count). The fourth-order valence-corrected chi connectivity index (χ4v) is 1.12. The van der Waals surface area contributed by atoms with Crippen LogP contribution in [0.2, 0.25) is 0 Å². The molecule has 0 spiro atoms. The van der Waals surface area contributed by atoms with Crippen LogP contribution in [0.3, 0.4) is 0 Å². The van der Waals surface area contributed by atoms with E-state index in [2.05, 4.69) is 0 Å². The van der Waals surface area contributed by atoms with Crippen molar-refractivity contribution < 1.29 is 13.6 Å². The maximum Gasteiger partial charge on any atom is 0.279 e. The van der Waals surface area contributed by atoms with Crippen LogP contribution in [0, 0.1) is 11.3 Å². The van der Waals surface area contributed by atoms with Gasteiger partial charge in [0.15, 0.2) is 0 Å². The highest BCUT2D eigenvalue weighted by Gasteiger charge is 2.20. The Hall–Kier alpha value is -1.74. The number of hydrogen-bond acceptors (Lipinski definition) is 3. The Labute approximate surface area is 87.1 Å². The van der Waals surface area contributed by atoms with Crippen LogP contribution in [0.4, 0.5) is 8.78 Å². The smallest absolute Gasteiger partial charge is 0.279 e. The highest BCUT2D eigenvalue weighted by atomic mass is 35.5. The van der Waals surface area contributed by atoms with E-state index in [-0.39, 0.29) is 0 Å². The SMILES string of the molecule is N#Cc1cc(C(=O)Cl)c(C(F)F)[nH]c1=O. The van der Waals surface area contributed by atoms with Gasteiger partial charge >= 0.3 is 0 Å². The molecule has 0 bridgehead atoms. The molecule has 15 heavy (non-hydrogen) atoms. The van der Waals surface area contributed by atoms with E-state index in [1.54, 1.807) is 4.98 Å². The van der Waals surface area contributed by atoms with Crippen LogP contribution in [0.1, 0.15) is 28.0 Å². The van der Waals surface area contributed by atoms with Crippen LogP contribution >= 0.6 is 11.6 Å². The van der Waals surface area contributed by atoms with Crippen LogP contribution in [0.5, 0.6) is 0 Å². The molecule has 0 saturated heterocycles. The van der Waals surface area contributed by atoms with E-state index in [0.717, 1.165) is 6.07 Å². The van der Waals surface area contributed by atoms with E-state index in [0.29, 0.717) is 0 Å². The molecule has 0 fully saturated rings. The van der Waals surface area contributed by atoms with Gasteiger partial charge in [0.1, 0.15) is 11.6 Å². The highest BCUT2D eigenvalue weighted by molar-refractivity contribution is 6.67. The lowest BCUT2D eigenvalue weighted by atomic mass is 10.1. The summed E-state index contributed by atoms with van der Waals surface area (Å²) < 4.78 is 24.7. The number of aromatic amines is 1. The number of carbonyl (C=O) groups excluding carboxylic acids is 1. The van der Waals surface area contributed by atoms with Crippen LogP contribution in [-0.4, -0.2) is 10.2 Å². The monoisotopic (exact) mass is 232 g/mol. The Kier molecular flexibility index (Phi) is 3.17. The summed E-state index contributed by atoms with van der Waals surface area (Å²) >= 11 is 5.03. The summed E-state index contributed by atoms with van der Waals surface area (Å²) in [5.74, 6) is 0. The van der Waals surface area contributed by atoms with Gasteiger partial charge in [-0.15, -0.1) is 0 Å². The Morgan fingerprint density at radius 2 is 2.20 bits per heavy atom.